The van der Waals surface area contributed by atoms with Crippen molar-refractivity contribution in [1.82, 2.24) is 4.57 Å². The van der Waals surface area contributed by atoms with E-state index < -0.39 is 17.5 Å². The van der Waals surface area contributed by atoms with Gasteiger partial charge >= 0.3 is 8.56 Å². The molecule has 0 bridgehead atoms. The van der Waals surface area contributed by atoms with Crippen molar-refractivity contribution in [2.45, 2.75) is 64.7 Å². The average molecular weight is 304 g/mol. The van der Waals surface area contributed by atoms with Crippen molar-refractivity contribution in [1.29, 1.82) is 0 Å². The molecular weight excluding hydrogens is 270 g/mol. The summed E-state index contributed by atoms with van der Waals surface area (Å²) in [5, 5.41) is 0. The van der Waals surface area contributed by atoms with Crippen LogP contribution < -0.4 is 0 Å². The van der Waals surface area contributed by atoms with Crippen LogP contribution in [0.2, 0.25) is 24.2 Å². The quantitative estimate of drug-likeness (QED) is 0.578. The molecule has 1 fully saturated rings. The molecule has 19 heavy (non-hydrogen) atoms. The van der Waals surface area contributed by atoms with Gasteiger partial charge < -0.3 is 13.4 Å². The molecule has 0 amide bonds. The lowest BCUT2D eigenvalue weighted by atomic mass is 10.4. The van der Waals surface area contributed by atoms with E-state index in [9.17, 15) is 0 Å². The maximum absolute atomic E-state index is 6.05. The van der Waals surface area contributed by atoms with E-state index in [-0.39, 0.29) is 0 Å². The van der Waals surface area contributed by atoms with E-state index in [1.54, 1.807) is 0 Å². The molecule has 5 heteroatoms. The third-order valence-corrected chi connectivity index (χ3v) is 11.7. The Morgan fingerprint density at radius 1 is 1.11 bits per heavy atom. The van der Waals surface area contributed by atoms with Crippen LogP contribution in [0.5, 0.6) is 0 Å². The minimum atomic E-state index is -1.88. The highest BCUT2D eigenvalue weighted by Crippen LogP contribution is 2.23. The summed E-state index contributed by atoms with van der Waals surface area (Å²) in [6.45, 7) is 13.0. The van der Waals surface area contributed by atoms with Crippen LogP contribution in [0.25, 0.3) is 0 Å². The molecule has 0 saturated carbocycles. The molecular formula is C14H33NO2Si2. The van der Waals surface area contributed by atoms with Crippen molar-refractivity contribution < 1.29 is 8.85 Å². The molecule has 0 aliphatic carbocycles. The average Bonchev–Trinajstić information content (AvgIpc) is 2.86. The summed E-state index contributed by atoms with van der Waals surface area (Å²) >= 11 is 0. The zero-order chi connectivity index (χ0) is 14.1. The third-order valence-electron chi connectivity index (χ3n) is 4.33. The Morgan fingerprint density at radius 3 is 2.32 bits per heavy atom. The fourth-order valence-electron chi connectivity index (χ4n) is 3.30. The van der Waals surface area contributed by atoms with E-state index in [0.717, 1.165) is 19.3 Å². The smallest absolute Gasteiger partial charge is 0.337 e. The van der Waals surface area contributed by atoms with Gasteiger partial charge in [-0.3, -0.25) is 0 Å². The van der Waals surface area contributed by atoms with E-state index in [1.165, 1.54) is 44.1 Å². The van der Waals surface area contributed by atoms with Gasteiger partial charge in [0.05, 0.1) is 0 Å². The molecule has 1 saturated heterocycles. The molecule has 1 aliphatic heterocycles. The standard InChI is InChI=1S/C14H33NO2Si2/c1-5-16-19(8-4,17-6-2)14-10-12-15-11-9-13-18(15)7-3/h18H,5-14H2,1-4H3. The predicted octanol–water partition coefficient (Wildman–Crippen LogP) is 3.36. The topological polar surface area (TPSA) is 21.7 Å². The van der Waals surface area contributed by atoms with Crippen LogP contribution >= 0.6 is 0 Å². The van der Waals surface area contributed by atoms with Crippen LogP contribution in [0.3, 0.4) is 0 Å². The molecule has 3 nitrogen and oxygen atoms in total. The van der Waals surface area contributed by atoms with E-state index in [2.05, 4.69) is 32.3 Å². The molecule has 1 atom stereocenters. The van der Waals surface area contributed by atoms with Crippen LogP contribution in [0.1, 0.15) is 40.5 Å². The van der Waals surface area contributed by atoms with Gasteiger partial charge in [-0.2, -0.15) is 0 Å². The molecule has 1 aliphatic rings. The largest absolute Gasteiger partial charge is 0.394 e. The Bertz CT molecular complexity index is 235. The van der Waals surface area contributed by atoms with Crippen molar-refractivity contribution in [3.05, 3.63) is 0 Å². The van der Waals surface area contributed by atoms with Crippen LogP contribution in [-0.4, -0.2) is 48.4 Å². The summed E-state index contributed by atoms with van der Waals surface area (Å²) in [5.41, 5.74) is 0. The normalized spacial score (nSPS) is 21.2. The molecule has 1 unspecified atom stereocenters. The van der Waals surface area contributed by atoms with Crippen LogP contribution in [0.4, 0.5) is 0 Å². The first-order valence-corrected chi connectivity index (χ1v) is 12.6. The molecule has 0 aromatic heterocycles. The second-order valence-corrected chi connectivity index (χ2v) is 12.5. The van der Waals surface area contributed by atoms with E-state index in [4.69, 9.17) is 8.85 Å². The first kappa shape index (κ1) is 17.4. The molecule has 0 aromatic carbocycles. The third kappa shape index (κ3) is 5.30. The van der Waals surface area contributed by atoms with Crippen LogP contribution in [0.15, 0.2) is 0 Å². The molecule has 1 rings (SSSR count). The maximum Gasteiger partial charge on any atom is 0.337 e. The predicted molar refractivity (Wildman–Crippen MR) is 87.5 cm³/mol. The first-order chi connectivity index (χ1) is 9.21. The Balaban J connectivity index is 2.38. The summed E-state index contributed by atoms with van der Waals surface area (Å²) in [6, 6.07) is 5.23. The van der Waals surface area contributed by atoms with Gasteiger partial charge in [-0.05, 0) is 64.0 Å². The summed E-state index contributed by atoms with van der Waals surface area (Å²) in [4.78, 5) is 0. The van der Waals surface area contributed by atoms with Gasteiger partial charge in [0, 0.05) is 13.2 Å². The molecule has 0 aromatic rings. The van der Waals surface area contributed by atoms with Gasteiger partial charge in [-0.1, -0.05) is 13.8 Å². The monoisotopic (exact) mass is 303 g/mol. The van der Waals surface area contributed by atoms with Crippen LogP contribution in [0, 0.1) is 0 Å². The second-order valence-electron chi connectivity index (χ2n) is 5.47. The van der Waals surface area contributed by atoms with Gasteiger partial charge in [-0.25, -0.2) is 0 Å². The zero-order valence-electron chi connectivity index (χ0n) is 13.4. The highest BCUT2D eigenvalue weighted by Gasteiger charge is 2.35. The van der Waals surface area contributed by atoms with E-state index in [1.807, 2.05) is 0 Å². The fraction of sp³-hybridized carbons (Fsp3) is 1.00. The Labute approximate surface area is 122 Å². The highest BCUT2D eigenvalue weighted by molar-refractivity contribution is 6.67. The highest BCUT2D eigenvalue weighted by atomic mass is 28.4. The number of rotatable bonds is 10. The van der Waals surface area contributed by atoms with E-state index >= 15 is 0 Å². The minimum Gasteiger partial charge on any atom is -0.394 e. The molecule has 0 spiro atoms. The maximum atomic E-state index is 6.05. The lowest BCUT2D eigenvalue weighted by Crippen LogP contribution is -2.42. The number of hydrogen-bond donors (Lipinski definition) is 0. The summed E-state index contributed by atoms with van der Waals surface area (Å²) in [6.07, 6.45) is 2.71. The van der Waals surface area contributed by atoms with Crippen molar-refractivity contribution in [3.63, 3.8) is 0 Å². The van der Waals surface area contributed by atoms with Gasteiger partial charge in [0.2, 0.25) is 0 Å². The lowest BCUT2D eigenvalue weighted by molar-refractivity contribution is 0.182. The Kier molecular flexibility index (Phi) is 8.49. The number of hydrogen-bond acceptors (Lipinski definition) is 3. The van der Waals surface area contributed by atoms with Gasteiger partial charge in [-0.15, -0.1) is 0 Å². The van der Waals surface area contributed by atoms with Crippen LogP contribution in [-0.2, 0) is 8.85 Å². The summed E-state index contributed by atoms with van der Waals surface area (Å²) in [5.74, 6) is 0. The minimum absolute atomic E-state index is 0.535. The molecule has 114 valence electrons. The van der Waals surface area contributed by atoms with Gasteiger partial charge in [0.25, 0.3) is 0 Å². The Hall–Kier alpha value is 0.314. The Morgan fingerprint density at radius 2 is 1.79 bits per heavy atom. The van der Waals surface area contributed by atoms with E-state index in [0.29, 0.717) is 0 Å². The fourth-order valence-corrected chi connectivity index (χ4v) is 9.22. The lowest BCUT2D eigenvalue weighted by Gasteiger charge is -2.30. The van der Waals surface area contributed by atoms with Crippen molar-refractivity contribution in [3.8, 4) is 0 Å². The molecule has 0 N–H and O–H groups in total. The van der Waals surface area contributed by atoms with Crippen molar-refractivity contribution in [2.24, 2.45) is 0 Å². The van der Waals surface area contributed by atoms with Crippen molar-refractivity contribution in [2.75, 3.05) is 26.3 Å². The SMILES string of the molecule is CCO[Si](CC)(CCCN1CCC[SiH]1CC)OCC. The van der Waals surface area contributed by atoms with Gasteiger partial charge in [0.15, 0.2) is 0 Å². The molecule has 1 heterocycles. The zero-order valence-corrected chi connectivity index (χ0v) is 15.6. The van der Waals surface area contributed by atoms with Gasteiger partial charge in [0.1, 0.15) is 8.96 Å². The second kappa shape index (κ2) is 9.29. The molecule has 0 radical (unpaired) electrons. The summed E-state index contributed by atoms with van der Waals surface area (Å²) < 4.78 is 14.9. The summed E-state index contributed by atoms with van der Waals surface area (Å²) in [7, 11) is -2.42. The number of nitrogens with zero attached hydrogens (tertiary/aromatic N) is 1. The first-order valence-electron chi connectivity index (χ1n) is 8.23. The van der Waals surface area contributed by atoms with Crippen molar-refractivity contribution >= 4 is 17.5 Å².